The number of methoxy groups -OCH3 is 1. The second-order valence-electron chi connectivity index (χ2n) is 8.68. The maximum atomic E-state index is 12.5. The van der Waals surface area contributed by atoms with E-state index < -0.39 is 22.5 Å². The van der Waals surface area contributed by atoms with Gasteiger partial charge in [-0.2, -0.15) is 5.10 Å². The van der Waals surface area contributed by atoms with E-state index in [0.717, 1.165) is 28.1 Å². The number of aryl methyl sites for hydroxylation is 1. The third kappa shape index (κ3) is 9.46. The predicted molar refractivity (Wildman–Crippen MR) is 151 cm³/mol. The number of hydrogen-bond donors (Lipinski definition) is 2. The van der Waals surface area contributed by atoms with Crippen LogP contribution in [0.3, 0.4) is 0 Å². The molecule has 0 aromatic heterocycles. The molecule has 0 unspecified atom stereocenters. The van der Waals surface area contributed by atoms with E-state index >= 15 is 0 Å². The average molecular weight is 553 g/mol. The van der Waals surface area contributed by atoms with Crippen molar-refractivity contribution in [1.29, 1.82) is 0 Å². The molecule has 0 fully saturated rings. The van der Waals surface area contributed by atoms with Crippen LogP contribution in [0.1, 0.15) is 16.7 Å². The van der Waals surface area contributed by atoms with Crippen molar-refractivity contribution in [3.8, 4) is 11.5 Å². The topological polar surface area (TPSA) is 126 Å². The number of ether oxygens (including phenoxy) is 2. The van der Waals surface area contributed by atoms with Gasteiger partial charge in [0.05, 0.1) is 25.3 Å². The van der Waals surface area contributed by atoms with Gasteiger partial charge in [0.1, 0.15) is 18.0 Å². The zero-order valence-corrected chi connectivity index (χ0v) is 22.9. The quantitative estimate of drug-likeness (QED) is 0.248. The fourth-order valence-electron chi connectivity index (χ4n) is 3.56. The van der Waals surface area contributed by atoms with Crippen LogP contribution < -0.4 is 24.5 Å². The zero-order chi connectivity index (χ0) is 28.3. The minimum Gasteiger partial charge on any atom is -0.495 e. The average Bonchev–Trinajstić information content (AvgIpc) is 2.91. The van der Waals surface area contributed by atoms with Gasteiger partial charge < -0.3 is 14.8 Å². The summed E-state index contributed by atoms with van der Waals surface area (Å²) in [5.41, 5.74) is 5.23. The molecule has 0 radical (unpaired) electrons. The lowest BCUT2D eigenvalue weighted by molar-refractivity contribution is -0.123. The smallest absolute Gasteiger partial charge is 0.260 e. The molecule has 3 aromatic rings. The van der Waals surface area contributed by atoms with Crippen molar-refractivity contribution in [3.05, 3.63) is 89.5 Å². The molecule has 0 saturated heterocycles. The summed E-state index contributed by atoms with van der Waals surface area (Å²) in [7, 11) is -2.35. The maximum absolute atomic E-state index is 12.5. The molecular weight excluding hydrogens is 520 g/mol. The standard InChI is InChI=1S/C28H32N4O6S/c1-21-9-14-26(37-2)25(17-21)32(39(3,35)36)19-27(33)31-30-18-23-10-12-24(13-11-23)38-20-28(34)29-16-15-22-7-5-4-6-8-22/h4-14,17-18H,15-16,19-20H2,1-3H3,(H,29,34)(H,31,33)/b30-18-. The molecule has 0 aliphatic heterocycles. The molecule has 3 rings (SSSR count). The fourth-order valence-corrected chi connectivity index (χ4v) is 4.41. The number of anilines is 1. The molecule has 0 heterocycles. The Labute approximate surface area is 228 Å². The molecule has 2 amide bonds. The Hall–Kier alpha value is -4.38. The maximum Gasteiger partial charge on any atom is 0.260 e. The molecule has 39 heavy (non-hydrogen) atoms. The number of sulfonamides is 1. The van der Waals surface area contributed by atoms with E-state index in [1.54, 1.807) is 42.5 Å². The van der Waals surface area contributed by atoms with Gasteiger partial charge in [-0.15, -0.1) is 0 Å². The minimum absolute atomic E-state index is 0.110. The van der Waals surface area contributed by atoms with E-state index in [1.165, 1.54) is 13.3 Å². The van der Waals surface area contributed by atoms with Gasteiger partial charge in [0.2, 0.25) is 10.0 Å². The summed E-state index contributed by atoms with van der Waals surface area (Å²) < 4.78 is 36.5. The van der Waals surface area contributed by atoms with E-state index in [9.17, 15) is 18.0 Å². The molecule has 0 spiro atoms. The van der Waals surface area contributed by atoms with Gasteiger partial charge in [-0.1, -0.05) is 36.4 Å². The first-order valence-corrected chi connectivity index (χ1v) is 14.0. The first-order chi connectivity index (χ1) is 18.7. The van der Waals surface area contributed by atoms with E-state index in [1.807, 2.05) is 37.3 Å². The molecule has 11 heteroatoms. The second-order valence-corrected chi connectivity index (χ2v) is 10.6. The summed E-state index contributed by atoms with van der Waals surface area (Å²) >= 11 is 0. The first kappa shape index (κ1) is 29.2. The lowest BCUT2D eigenvalue weighted by Crippen LogP contribution is -2.39. The fraction of sp³-hybridized carbons (Fsp3) is 0.250. The molecule has 206 valence electrons. The summed E-state index contributed by atoms with van der Waals surface area (Å²) in [5.74, 6) is -0.0104. The molecular formula is C28H32N4O6S. The van der Waals surface area contributed by atoms with Crippen LogP contribution in [-0.4, -0.2) is 59.5 Å². The highest BCUT2D eigenvalue weighted by atomic mass is 32.2. The second kappa shape index (κ2) is 14.0. The van der Waals surface area contributed by atoms with Crippen molar-refractivity contribution in [2.24, 2.45) is 5.10 Å². The SMILES string of the molecule is COc1ccc(C)cc1N(CC(=O)N/N=C\c1ccc(OCC(=O)NCCc2ccccc2)cc1)S(C)(=O)=O. The first-order valence-electron chi connectivity index (χ1n) is 12.1. The number of carbonyl (C=O) groups excluding carboxylic acids is 2. The molecule has 0 saturated carbocycles. The van der Waals surface area contributed by atoms with Gasteiger partial charge >= 0.3 is 0 Å². The monoisotopic (exact) mass is 552 g/mol. The van der Waals surface area contributed by atoms with Gasteiger partial charge in [0.25, 0.3) is 11.8 Å². The Morgan fingerprint density at radius 2 is 1.72 bits per heavy atom. The van der Waals surface area contributed by atoms with Gasteiger partial charge in [-0.3, -0.25) is 13.9 Å². The highest BCUT2D eigenvalue weighted by Crippen LogP contribution is 2.30. The number of carbonyl (C=O) groups is 2. The Balaban J connectivity index is 1.47. The summed E-state index contributed by atoms with van der Waals surface area (Å²) in [4.78, 5) is 24.5. The lowest BCUT2D eigenvalue weighted by Gasteiger charge is -2.23. The van der Waals surface area contributed by atoms with Gasteiger partial charge in [0, 0.05) is 6.54 Å². The summed E-state index contributed by atoms with van der Waals surface area (Å²) in [5, 5.41) is 6.73. The Morgan fingerprint density at radius 3 is 2.38 bits per heavy atom. The number of rotatable bonds is 13. The number of amides is 2. The van der Waals surface area contributed by atoms with Crippen molar-refractivity contribution in [1.82, 2.24) is 10.7 Å². The lowest BCUT2D eigenvalue weighted by atomic mass is 10.1. The van der Waals surface area contributed by atoms with Crippen molar-refractivity contribution < 1.29 is 27.5 Å². The normalized spacial score (nSPS) is 11.2. The minimum atomic E-state index is -3.78. The number of benzene rings is 3. The van der Waals surface area contributed by atoms with E-state index in [0.29, 0.717) is 23.6 Å². The predicted octanol–water partition coefficient (Wildman–Crippen LogP) is 2.66. The Bertz CT molecular complexity index is 1390. The highest BCUT2D eigenvalue weighted by molar-refractivity contribution is 7.92. The van der Waals surface area contributed by atoms with E-state index in [2.05, 4.69) is 15.8 Å². The van der Waals surface area contributed by atoms with E-state index in [4.69, 9.17) is 9.47 Å². The van der Waals surface area contributed by atoms with Crippen molar-refractivity contribution >= 4 is 33.7 Å². The molecule has 10 nitrogen and oxygen atoms in total. The largest absolute Gasteiger partial charge is 0.495 e. The van der Waals surface area contributed by atoms with Crippen LogP contribution in [0.5, 0.6) is 11.5 Å². The third-order valence-corrected chi connectivity index (χ3v) is 6.65. The summed E-state index contributed by atoms with van der Waals surface area (Å²) in [6, 6.07) is 21.7. The Kier molecular flexibility index (Phi) is 10.4. The van der Waals surface area contributed by atoms with E-state index in [-0.39, 0.29) is 18.2 Å². The molecule has 0 aliphatic carbocycles. The summed E-state index contributed by atoms with van der Waals surface area (Å²) in [6.45, 7) is 1.75. The van der Waals surface area contributed by atoms with Crippen molar-refractivity contribution in [2.45, 2.75) is 13.3 Å². The summed E-state index contributed by atoms with van der Waals surface area (Å²) in [6.07, 6.45) is 3.17. The van der Waals surface area contributed by atoms with Crippen LogP contribution >= 0.6 is 0 Å². The number of nitrogens with zero attached hydrogens (tertiary/aromatic N) is 2. The molecule has 3 aromatic carbocycles. The van der Waals surface area contributed by atoms with Gasteiger partial charge in [-0.05, 0) is 66.4 Å². The van der Waals surface area contributed by atoms with Crippen molar-refractivity contribution in [3.63, 3.8) is 0 Å². The van der Waals surface area contributed by atoms with Crippen LogP contribution in [0, 0.1) is 6.92 Å². The molecule has 0 atom stereocenters. The molecule has 0 aliphatic rings. The van der Waals surface area contributed by atoms with Crippen LogP contribution in [-0.2, 0) is 26.0 Å². The third-order valence-electron chi connectivity index (χ3n) is 5.52. The van der Waals surface area contributed by atoms with Crippen molar-refractivity contribution in [2.75, 3.05) is 37.4 Å². The van der Waals surface area contributed by atoms with Gasteiger partial charge in [0.15, 0.2) is 6.61 Å². The molecule has 0 bridgehead atoms. The highest BCUT2D eigenvalue weighted by Gasteiger charge is 2.24. The van der Waals surface area contributed by atoms with Crippen LogP contribution in [0.2, 0.25) is 0 Å². The number of hydrogen-bond acceptors (Lipinski definition) is 7. The van der Waals surface area contributed by atoms with Crippen LogP contribution in [0.15, 0.2) is 77.9 Å². The van der Waals surface area contributed by atoms with Gasteiger partial charge in [-0.25, -0.2) is 13.8 Å². The zero-order valence-electron chi connectivity index (χ0n) is 22.1. The number of nitrogens with one attached hydrogen (secondary N) is 2. The molecule has 2 N–H and O–H groups in total. The van der Waals surface area contributed by atoms with Crippen LogP contribution in [0.4, 0.5) is 5.69 Å². The Morgan fingerprint density at radius 1 is 1.00 bits per heavy atom. The number of hydrazone groups is 1. The van der Waals surface area contributed by atoms with Crippen LogP contribution in [0.25, 0.3) is 0 Å².